The highest BCUT2D eigenvalue weighted by atomic mass is 32.2. The number of anilines is 6. The highest BCUT2D eigenvalue weighted by molar-refractivity contribution is 7.99. The van der Waals surface area contributed by atoms with E-state index in [-0.39, 0.29) is 0 Å². The number of para-hydroxylation sites is 6. The van der Waals surface area contributed by atoms with Crippen LogP contribution in [0.5, 0.6) is 0 Å². The third kappa shape index (κ3) is 5.47. The van der Waals surface area contributed by atoms with Gasteiger partial charge in [-0.1, -0.05) is 121 Å². The molecule has 0 fully saturated rings. The first-order valence-corrected chi connectivity index (χ1v) is 20.7. The molecule has 1 aliphatic rings. The molecule has 5 heteroatoms. The van der Waals surface area contributed by atoms with Gasteiger partial charge >= 0.3 is 0 Å². The number of benzene rings is 9. The molecule has 4 nitrogen and oxygen atoms in total. The molecule has 3 heterocycles. The van der Waals surface area contributed by atoms with Crippen molar-refractivity contribution < 1.29 is 4.42 Å². The molecule has 9 aromatic carbocycles. The molecule has 11 aromatic rings. The Morgan fingerprint density at radius 1 is 0.390 bits per heavy atom. The van der Waals surface area contributed by atoms with Crippen molar-refractivity contribution in [2.45, 2.75) is 9.79 Å². The Kier molecular flexibility index (Phi) is 7.75. The minimum atomic E-state index is 0.895. The Bertz CT molecular complexity index is 3330. The summed E-state index contributed by atoms with van der Waals surface area (Å²) in [6.45, 7) is 0. The highest BCUT2D eigenvalue weighted by Crippen LogP contribution is 2.54. The topological polar surface area (TPSA) is 24.6 Å². The lowest BCUT2D eigenvalue weighted by Crippen LogP contribution is -2.15. The Hall–Kier alpha value is -7.47. The van der Waals surface area contributed by atoms with Crippen LogP contribution in [-0.2, 0) is 0 Å². The summed E-state index contributed by atoms with van der Waals surface area (Å²) in [5.41, 5.74) is 14.3. The lowest BCUT2D eigenvalue weighted by molar-refractivity contribution is 0.669. The third-order valence-electron chi connectivity index (χ3n) is 11.6. The van der Waals surface area contributed by atoms with E-state index >= 15 is 0 Å². The maximum absolute atomic E-state index is 6.57. The number of furan rings is 1. The van der Waals surface area contributed by atoms with Gasteiger partial charge in [0.1, 0.15) is 5.58 Å². The smallest absolute Gasteiger partial charge is 0.159 e. The van der Waals surface area contributed by atoms with Gasteiger partial charge in [-0.2, -0.15) is 0 Å². The third-order valence-corrected chi connectivity index (χ3v) is 12.7. The van der Waals surface area contributed by atoms with Gasteiger partial charge in [-0.15, -0.1) is 0 Å². The minimum Gasteiger partial charge on any atom is -0.454 e. The first-order chi connectivity index (χ1) is 29.3. The Balaban J connectivity index is 0.950. The summed E-state index contributed by atoms with van der Waals surface area (Å²) in [6, 6.07) is 76.1. The monoisotopic (exact) mass is 773 g/mol. The van der Waals surface area contributed by atoms with Gasteiger partial charge in [-0.3, -0.25) is 0 Å². The Morgan fingerprint density at radius 3 is 1.80 bits per heavy atom. The zero-order valence-corrected chi connectivity index (χ0v) is 32.7. The van der Waals surface area contributed by atoms with Crippen LogP contribution in [-0.4, -0.2) is 4.57 Å². The fourth-order valence-corrected chi connectivity index (χ4v) is 9.98. The van der Waals surface area contributed by atoms with Gasteiger partial charge in [0.25, 0.3) is 0 Å². The molecule has 2 aromatic heterocycles. The second kappa shape index (κ2) is 13.6. The van der Waals surface area contributed by atoms with Crippen molar-refractivity contribution >= 4 is 89.6 Å². The van der Waals surface area contributed by atoms with Crippen LogP contribution in [0, 0.1) is 0 Å². The number of aromatic nitrogens is 1. The van der Waals surface area contributed by atoms with E-state index in [9.17, 15) is 0 Å². The maximum Gasteiger partial charge on any atom is 0.159 e. The van der Waals surface area contributed by atoms with E-state index in [2.05, 4.69) is 221 Å². The summed E-state index contributed by atoms with van der Waals surface area (Å²) in [4.78, 5) is 7.09. The Labute approximate surface area is 345 Å². The summed E-state index contributed by atoms with van der Waals surface area (Å²) in [7, 11) is 0. The number of fused-ring (bicyclic) bond motifs is 8. The average molecular weight is 774 g/mol. The lowest BCUT2D eigenvalue weighted by atomic mass is 10.0. The molecular formula is C54H35N3OS. The molecule has 0 atom stereocenters. The van der Waals surface area contributed by atoms with Crippen LogP contribution in [0.1, 0.15) is 0 Å². The van der Waals surface area contributed by atoms with Crippen LogP contribution in [0.15, 0.2) is 227 Å². The summed E-state index contributed by atoms with van der Waals surface area (Å²) in [5.74, 6) is 0. The predicted octanol–water partition coefficient (Wildman–Crippen LogP) is 15.8. The first kappa shape index (κ1) is 33.6. The SMILES string of the molecule is c1ccc(N(c2ccccc2)c2ccc(-n3c4ccccc4c4cc(-c5ccc6c(c5)Sc5ccccc5N6c5cccc6c5oc5ccccc56)ccc43)cc2)cc1. The number of nitrogens with zero attached hydrogens (tertiary/aromatic N) is 3. The summed E-state index contributed by atoms with van der Waals surface area (Å²) in [5, 5.41) is 4.71. The van der Waals surface area contributed by atoms with Crippen molar-refractivity contribution in [2.24, 2.45) is 0 Å². The fraction of sp³-hybridized carbons (Fsp3) is 0. The summed E-state index contributed by atoms with van der Waals surface area (Å²) >= 11 is 1.83. The molecule has 0 spiro atoms. The highest BCUT2D eigenvalue weighted by Gasteiger charge is 2.28. The van der Waals surface area contributed by atoms with Gasteiger partial charge in [-0.25, -0.2) is 0 Å². The van der Waals surface area contributed by atoms with E-state index in [4.69, 9.17) is 4.42 Å². The second-order valence-corrected chi connectivity index (χ2v) is 16.0. The number of rotatable bonds is 6. The zero-order chi connectivity index (χ0) is 38.9. The molecule has 0 N–H and O–H groups in total. The molecule has 0 radical (unpaired) electrons. The number of hydrogen-bond acceptors (Lipinski definition) is 4. The molecule has 278 valence electrons. The molecule has 59 heavy (non-hydrogen) atoms. The molecule has 0 saturated heterocycles. The van der Waals surface area contributed by atoms with E-state index in [0.717, 1.165) is 61.8 Å². The molecular weight excluding hydrogens is 739 g/mol. The van der Waals surface area contributed by atoms with E-state index in [1.54, 1.807) is 0 Å². The number of hydrogen-bond donors (Lipinski definition) is 0. The van der Waals surface area contributed by atoms with E-state index < -0.39 is 0 Å². The fourth-order valence-electron chi connectivity index (χ4n) is 8.89. The second-order valence-electron chi connectivity index (χ2n) is 14.9. The van der Waals surface area contributed by atoms with Crippen LogP contribution in [0.4, 0.5) is 34.1 Å². The van der Waals surface area contributed by atoms with Crippen LogP contribution in [0.25, 0.3) is 60.6 Å². The maximum atomic E-state index is 6.57. The Morgan fingerprint density at radius 2 is 0.983 bits per heavy atom. The zero-order valence-electron chi connectivity index (χ0n) is 31.9. The first-order valence-electron chi connectivity index (χ1n) is 19.9. The van der Waals surface area contributed by atoms with E-state index in [1.165, 1.54) is 42.7 Å². The van der Waals surface area contributed by atoms with Crippen molar-refractivity contribution in [2.75, 3.05) is 9.80 Å². The molecule has 0 saturated carbocycles. The predicted molar refractivity (Wildman–Crippen MR) is 247 cm³/mol. The average Bonchev–Trinajstić information content (AvgIpc) is 3.85. The van der Waals surface area contributed by atoms with Gasteiger partial charge in [-0.05, 0) is 114 Å². The van der Waals surface area contributed by atoms with Gasteiger partial charge < -0.3 is 18.8 Å². The molecule has 1 aliphatic heterocycles. The van der Waals surface area contributed by atoms with Gasteiger partial charge in [0, 0.05) is 54.1 Å². The van der Waals surface area contributed by atoms with Crippen molar-refractivity contribution in [1.29, 1.82) is 0 Å². The molecule has 0 amide bonds. The van der Waals surface area contributed by atoms with E-state index in [0.29, 0.717) is 0 Å². The summed E-state index contributed by atoms with van der Waals surface area (Å²) in [6.07, 6.45) is 0. The van der Waals surface area contributed by atoms with Crippen LogP contribution < -0.4 is 9.80 Å². The van der Waals surface area contributed by atoms with Crippen molar-refractivity contribution in [3.8, 4) is 16.8 Å². The van der Waals surface area contributed by atoms with E-state index in [1.807, 2.05) is 17.8 Å². The quantitative estimate of drug-likeness (QED) is 0.168. The van der Waals surface area contributed by atoms with Crippen molar-refractivity contribution in [1.82, 2.24) is 4.57 Å². The van der Waals surface area contributed by atoms with Crippen molar-refractivity contribution in [3.05, 3.63) is 212 Å². The standard InChI is InChI=1S/C54H35N3OS/c1-3-14-38(15-4-1)55(39-16-5-2-6-17-39)40-28-30-41(31-29-40)56-46-21-9-7-18-42(46)45-34-36(26-32-47(45)56)37-27-33-49-53(35-37)59-52-25-12-10-22-48(52)57(49)50-23-13-20-44-43-19-8-11-24-51(43)58-54(44)50/h1-35H. The summed E-state index contributed by atoms with van der Waals surface area (Å²) < 4.78 is 8.96. The van der Waals surface area contributed by atoms with Crippen LogP contribution in [0.3, 0.4) is 0 Å². The molecule has 12 rings (SSSR count). The normalized spacial score (nSPS) is 12.3. The molecule has 0 aliphatic carbocycles. The van der Waals surface area contributed by atoms with Crippen molar-refractivity contribution in [3.63, 3.8) is 0 Å². The van der Waals surface area contributed by atoms with Gasteiger partial charge in [0.2, 0.25) is 0 Å². The van der Waals surface area contributed by atoms with Crippen LogP contribution >= 0.6 is 11.8 Å². The largest absolute Gasteiger partial charge is 0.454 e. The van der Waals surface area contributed by atoms with Crippen LogP contribution in [0.2, 0.25) is 0 Å². The van der Waals surface area contributed by atoms with Gasteiger partial charge in [0.05, 0.1) is 28.1 Å². The molecule has 0 unspecified atom stereocenters. The minimum absolute atomic E-state index is 0.895. The lowest BCUT2D eigenvalue weighted by Gasteiger charge is -2.33. The molecule has 0 bridgehead atoms. The van der Waals surface area contributed by atoms with Gasteiger partial charge in [0.15, 0.2) is 5.58 Å².